The molecule has 0 unspecified atom stereocenters. The van der Waals surface area contributed by atoms with Gasteiger partial charge in [0.25, 0.3) is 0 Å². The first-order valence-corrected chi connectivity index (χ1v) is 8.11. The Kier molecular flexibility index (Phi) is 4.13. The van der Waals surface area contributed by atoms with Crippen molar-refractivity contribution in [3.63, 3.8) is 0 Å². The highest BCUT2D eigenvalue weighted by molar-refractivity contribution is 5.80. The molecule has 0 bridgehead atoms. The van der Waals surface area contributed by atoms with Crippen molar-refractivity contribution in [1.82, 2.24) is 14.9 Å². The molecule has 3 heterocycles. The lowest BCUT2D eigenvalue weighted by Crippen LogP contribution is -2.30. The van der Waals surface area contributed by atoms with E-state index >= 15 is 0 Å². The lowest BCUT2D eigenvalue weighted by atomic mass is 9.97. The monoisotopic (exact) mass is 311 g/mol. The minimum atomic E-state index is 0.487. The van der Waals surface area contributed by atoms with E-state index in [0.29, 0.717) is 5.92 Å². The highest BCUT2D eigenvalue weighted by Gasteiger charge is 2.20. The van der Waals surface area contributed by atoms with Crippen LogP contribution in [0.25, 0.3) is 11.0 Å². The number of hydrogen-bond acceptors (Lipinski definition) is 4. The van der Waals surface area contributed by atoms with Crippen LogP contribution < -0.4 is 0 Å². The molecular weight excluding hydrogens is 290 g/mol. The lowest BCUT2D eigenvalue weighted by molar-refractivity contribution is 0.122. The zero-order valence-corrected chi connectivity index (χ0v) is 13.1. The number of H-pyrrole nitrogens is 1. The number of nitrogens with zero attached hydrogens (tertiary/aromatic N) is 2. The minimum absolute atomic E-state index is 0.487. The van der Waals surface area contributed by atoms with Gasteiger partial charge < -0.3 is 14.1 Å². The summed E-state index contributed by atoms with van der Waals surface area (Å²) >= 11 is 0. The third-order valence-corrected chi connectivity index (χ3v) is 4.47. The van der Waals surface area contributed by atoms with E-state index in [-0.39, 0.29) is 0 Å². The van der Waals surface area contributed by atoms with Crippen molar-refractivity contribution >= 4 is 11.0 Å². The fourth-order valence-electron chi connectivity index (χ4n) is 3.38. The number of aromatic nitrogens is 2. The normalized spacial score (nSPS) is 19.9. The first-order valence-electron chi connectivity index (χ1n) is 8.11. The van der Waals surface area contributed by atoms with Crippen LogP contribution in [0.3, 0.4) is 0 Å². The van der Waals surface area contributed by atoms with E-state index in [0.717, 1.165) is 50.5 Å². The van der Waals surface area contributed by atoms with Crippen LogP contribution in [0.5, 0.6) is 0 Å². The molecule has 1 saturated heterocycles. The first-order chi connectivity index (χ1) is 11.4. The molecule has 1 aliphatic rings. The highest BCUT2D eigenvalue weighted by Crippen LogP contribution is 2.23. The number of nitrogens with one attached hydrogen (secondary N) is 1. The summed E-state index contributed by atoms with van der Waals surface area (Å²) in [5, 5.41) is 1.22. The summed E-state index contributed by atoms with van der Waals surface area (Å²) in [5.41, 5.74) is 3.46. The van der Waals surface area contributed by atoms with E-state index in [2.05, 4.69) is 33.1 Å². The largest absolute Gasteiger partial charge is 0.464 e. The maximum atomic E-state index is 5.83. The number of benzene rings is 1. The van der Waals surface area contributed by atoms with Crippen LogP contribution in [0, 0.1) is 5.92 Å². The van der Waals surface area contributed by atoms with Crippen LogP contribution in [0.1, 0.15) is 11.3 Å². The molecule has 0 amide bonds. The number of hydrogen-bond donors (Lipinski definition) is 1. The van der Waals surface area contributed by atoms with Gasteiger partial charge in [-0.1, -0.05) is 12.1 Å². The van der Waals surface area contributed by atoms with Gasteiger partial charge in [0.1, 0.15) is 5.58 Å². The number of aromatic amines is 1. The molecule has 3 aromatic rings. The van der Waals surface area contributed by atoms with Crippen molar-refractivity contribution in [2.24, 2.45) is 5.92 Å². The Hall–Kier alpha value is -2.11. The molecule has 0 aliphatic carbocycles. The van der Waals surface area contributed by atoms with E-state index in [4.69, 9.17) is 9.15 Å². The third-order valence-electron chi connectivity index (χ3n) is 4.47. The Morgan fingerprint density at radius 1 is 1.30 bits per heavy atom. The fraction of sp³-hybridized carbons (Fsp3) is 0.389. The molecule has 0 radical (unpaired) electrons. The summed E-state index contributed by atoms with van der Waals surface area (Å²) in [4.78, 5) is 9.73. The molecule has 0 saturated carbocycles. The van der Waals surface area contributed by atoms with Gasteiger partial charge in [0, 0.05) is 36.9 Å². The smallest absolute Gasteiger partial charge is 0.134 e. The summed E-state index contributed by atoms with van der Waals surface area (Å²) in [7, 11) is 0. The van der Waals surface area contributed by atoms with Crippen molar-refractivity contribution in [3.8, 4) is 0 Å². The zero-order valence-electron chi connectivity index (χ0n) is 13.1. The summed E-state index contributed by atoms with van der Waals surface area (Å²) in [6.07, 6.45) is 6.41. The standard InChI is InChI=1S/C18H21N3O2/c1-2-15(17-4-6-23-18(17)3-1)8-14-10-21(5-7-22-12-14)11-16-9-19-13-20-16/h1-4,6,9,13-14H,5,7-8,10-12H2,(H,19,20)/t14-/m1/s1. The Morgan fingerprint density at radius 3 is 3.22 bits per heavy atom. The molecule has 1 aromatic carbocycles. The second kappa shape index (κ2) is 6.56. The predicted octanol–water partition coefficient (Wildman–Crippen LogP) is 2.85. The molecule has 0 spiro atoms. The summed E-state index contributed by atoms with van der Waals surface area (Å²) in [6, 6.07) is 8.35. The molecule has 4 rings (SSSR count). The van der Waals surface area contributed by atoms with Crippen molar-refractivity contribution in [1.29, 1.82) is 0 Å². The van der Waals surface area contributed by atoms with Crippen LogP contribution in [0.15, 0.2) is 47.5 Å². The molecule has 120 valence electrons. The Balaban J connectivity index is 1.48. The lowest BCUT2D eigenvalue weighted by Gasteiger charge is -2.22. The molecule has 1 N–H and O–H groups in total. The molecule has 5 nitrogen and oxygen atoms in total. The van der Waals surface area contributed by atoms with Gasteiger partial charge in [-0.3, -0.25) is 4.90 Å². The Bertz CT molecular complexity index is 751. The average molecular weight is 311 g/mol. The van der Waals surface area contributed by atoms with Crippen LogP contribution in [-0.2, 0) is 17.7 Å². The summed E-state index contributed by atoms with van der Waals surface area (Å²) in [5.74, 6) is 0.487. The SMILES string of the molecule is c1cc(C[C@H]2COCCN(Cc3cnc[nH]3)C2)c2ccoc2c1. The molecule has 1 fully saturated rings. The number of furan rings is 1. The number of imidazole rings is 1. The van der Waals surface area contributed by atoms with Crippen LogP contribution in [-0.4, -0.2) is 41.2 Å². The number of fused-ring (bicyclic) bond motifs is 1. The van der Waals surface area contributed by atoms with Gasteiger partial charge in [0.2, 0.25) is 0 Å². The third kappa shape index (κ3) is 3.30. The summed E-state index contributed by atoms with van der Waals surface area (Å²) in [6.45, 7) is 4.50. The van der Waals surface area contributed by atoms with Crippen molar-refractivity contribution in [2.45, 2.75) is 13.0 Å². The predicted molar refractivity (Wildman–Crippen MR) is 88.1 cm³/mol. The van der Waals surface area contributed by atoms with Crippen LogP contribution >= 0.6 is 0 Å². The molecular formula is C18H21N3O2. The van der Waals surface area contributed by atoms with Gasteiger partial charge in [0.05, 0.1) is 25.8 Å². The molecule has 1 aliphatic heterocycles. The minimum Gasteiger partial charge on any atom is -0.464 e. The van der Waals surface area contributed by atoms with Gasteiger partial charge in [-0.25, -0.2) is 4.98 Å². The van der Waals surface area contributed by atoms with Crippen LogP contribution in [0.2, 0.25) is 0 Å². The van der Waals surface area contributed by atoms with E-state index in [1.807, 2.05) is 12.3 Å². The van der Waals surface area contributed by atoms with E-state index in [1.165, 1.54) is 10.9 Å². The highest BCUT2D eigenvalue weighted by atomic mass is 16.5. The molecule has 2 aromatic heterocycles. The zero-order chi connectivity index (χ0) is 15.5. The van der Waals surface area contributed by atoms with E-state index in [9.17, 15) is 0 Å². The van der Waals surface area contributed by atoms with Crippen LogP contribution in [0.4, 0.5) is 0 Å². The van der Waals surface area contributed by atoms with Gasteiger partial charge >= 0.3 is 0 Å². The molecule has 5 heteroatoms. The second-order valence-corrected chi connectivity index (χ2v) is 6.21. The fourth-order valence-corrected chi connectivity index (χ4v) is 3.38. The topological polar surface area (TPSA) is 54.3 Å². The first kappa shape index (κ1) is 14.5. The molecule has 23 heavy (non-hydrogen) atoms. The average Bonchev–Trinajstić information content (AvgIpc) is 3.18. The van der Waals surface area contributed by atoms with Crippen molar-refractivity contribution in [3.05, 3.63) is 54.3 Å². The maximum Gasteiger partial charge on any atom is 0.134 e. The van der Waals surface area contributed by atoms with Gasteiger partial charge in [-0.05, 0) is 30.0 Å². The Morgan fingerprint density at radius 2 is 2.30 bits per heavy atom. The number of ether oxygens (including phenoxy) is 1. The van der Waals surface area contributed by atoms with E-state index in [1.54, 1.807) is 12.6 Å². The van der Waals surface area contributed by atoms with E-state index < -0.39 is 0 Å². The number of rotatable bonds is 4. The van der Waals surface area contributed by atoms with Gasteiger partial charge in [-0.2, -0.15) is 0 Å². The maximum absolute atomic E-state index is 5.83. The second-order valence-electron chi connectivity index (χ2n) is 6.21. The van der Waals surface area contributed by atoms with Gasteiger partial charge in [0.15, 0.2) is 0 Å². The van der Waals surface area contributed by atoms with Gasteiger partial charge in [-0.15, -0.1) is 0 Å². The van der Waals surface area contributed by atoms with Crippen molar-refractivity contribution in [2.75, 3.05) is 26.3 Å². The Labute approximate surface area is 135 Å². The van der Waals surface area contributed by atoms with Crippen molar-refractivity contribution < 1.29 is 9.15 Å². The summed E-state index contributed by atoms with van der Waals surface area (Å²) < 4.78 is 11.3. The molecule has 1 atom stereocenters. The quantitative estimate of drug-likeness (QED) is 0.805.